The third-order valence-electron chi connectivity index (χ3n) is 4.19. The van der Waals surface area contributed by atoms with E-state index < -0.39 is 5.92 Å². The van der Waals surface area contributed by atoms with Crippen molar-refractivity contribution in [2.45, 2.75) is 38.5 Å². The average Bonchev–Trinajstić information content (AvgIpc) is 2.76. The summed E-state index contributed by atoms with van der Waals surface area (Å²) in [7, 11) is 1.67. The van der Waals surface area contributed by atoms with Crippen LogP contribution in [-0.4, -0.2) is 21.6 Å². The van der Waals surface area contributed by atoms with Crippen LogP contribution in [0.4, 0.5) is 4.39 Å². The normalized spacial score (nSPS) is 19.0. The minimum atomic E-state index is -0.509. The molecule has 0 unspecified atom stereocenters. The number of aromatic nitrogens is 2. The van der Waals surface area contributed by atoms with E-state index in [4.69, 9.17) is 0 Å². The van der Waals surface area contributed by atoms with E-state index in [9.17, 15) is 14.0 Å². The van der Waals surface area contributed by atoms with Crippen LogP contribution in [0, 0.1) is 5.82 Å². The van der Waals surface area contributed by atoms with Gasteiger partial charge in [-0.25, -0.2) is 4.39 Å². The molecule has 0 saturated carbocycles. The van der Waals surface area contributed by atoms with Gasteiger partial charge in [-0.05, 0) is 17.9 Å². The van der Waals surface area contributed by atoms with Crippen molar-refractivity contribution in [2.24, 2.45) is 7.05 Å². The summed E-state index contributed by atoms with van der Waals surface area (Å²) in [4.78, 5) is 23.3. The Kier molecular flexibility index (Phi) is 3.47. The summed E-state index contributed by atoms with van der Waals surface area (Å²) in [6, 6.07) is 3.57. The lowest BCUT2D eigenvalue weighted by atomic mass is 9.92. The van der Waals surface area contributed by atoms with Crippen molar-refractivity contribution >= 4 is 22.7 Å². The summed E-state index contributed by atoms with van der Waals surface area (Å²) >= 11 is 0. The van der Waals surface area contributed by atoms with E-state index in [1.165, 1.54) is 4.68 Å². The molecule has 6 heteroatoms. The summed E-state index contributed by atoms with van der Waals surface area (Å²) < 4.78 is 16.2. The molecule has 1 atom stereocenters. The van der Waals surface area contributed by atoms with Crippen LogP contribution in [0.25, 0.3) is 10.9 Å². The SMILES string of the molecule is CC(C)c1ccc2c([C@@H]3CCC(=O)NC3=O)nn(C)c2c1F. The number of carbonyl (C=O) groups excluding carboxylic acids is 2. The van der Waals surface area contributed by atoms with Crippen molar-refractivity contribution in [3.8, 4) is 0 Å². The first-order valence-electron chi connectivity index (χ1n) is 7.38. The molecule has 1 aromatic carbocycles. The molecule has 0 aliphatic carbocycles. The van der Waals surface area contributed by atoms with Crippen LogP contribution in [0.1, 0.15) is 49.8 Å². The lowest BCUT2D eigenvalue weighted by Gasteiger charge is -2.19. The largest absolute Gasteiger partial charge is 0.296 e. The van der Waals surface area contributed by atoms with Crippen LogP contribution in [-0.2, 0) is 16.6 Å². The maximum Gasteiger partial charge on any atom is 0.235 e. The van der Waals surface area contributed by atoms with Gasteiger partial charge in [0.15, 0.2) is 5.82 Å². The molecule has 1 N–H and O–H groups in total. The molecular formula is C16H18FN3O2. The highest BCUT2D eigenvalue weighted by molar-refractivity contribution is 6.02. The minimum absolute atomic E-state index is 0.0679. The van der Waals surface area contributed by atoms with E-state index in [0.29, 0.717) is 28.6 Å². The number of imide groups is 1. The molecular weight excluding hydrogens is 285 g/mol. The first-order chi connectivity index (χ1) is 10.4. The van der Waals surface area contributed by atoms with Gasteiger partial charge >= 0.3 is 0 Å². The number of hydrogen-bond acceptors (Lipinski definition) is 3. The number of aryl methyl sites for hydroxylation is 1. The van der Waals surface area contributed by atoms with Gasteiger partial charge in [0.2, 0.25) is 11.8 Å². The fraction of sp³-hybridized carbons (Fsp3) is 0.438. The molecule has 1 saturated heterocycles. The number of rotatable bonds is 2. The van der Waals surface area contributed by atoms with E-state index in [-0.39, 0.29) is 30.0 Å². The number of carbonyl (C=O) groups is 2. The van der Waals surface area contributed by atoms with Gasteiger partial charge in [0.25, 0.3) is 0 Å². The maximum absolute atomic E-state index is 14.7. The molecule has 1 aromatic heterocycles. The highest BCUT2D eigenvalue weighted by Gasteiger charge is 2.32. The van der Waals surface area contributed by atoms with Crippen molar-refractivity contribution in [1.29, 1.82) is 0 Å². The molecule has 22 heavy (non-hydrogen) atoms. The Morgan fingerprint density at radius 3 is 2.73 bits per heavy atom. The Balaban J connectivity index is 2.15. The molecule has 2 aromatic rings. The van der Waals surface area contributed by atoms with Gasteiger partial charge in [0.05, 0.1) is 11.6 Å². The molecule has 2 heterocycles. The zero-order valence-electron chi connectivity index (χ0n) is 12.8. The summed E-state index contributed by atoms with van der Waals surface area (Å²) in [5, 5.41) is 7.32. The Morgan fingerprint density at radius 1 is 1.36 bits per heavy atom. The lowest BCUT2D eigenvalue weighted by molar-refractivity contribution is -0.134. The van der Waals surface area contributed by atoms with Crippen LogP contribution in [0.3, 0.4) is 0 Å². The van der Waals surface area contributed by atoms with Gasteiger partial charge in [0.1, 0.15) is 5.52 Å². The first kappa shape index (κ1) is 14.7. The van der Waals surface area contributed by atoms with Crippen molar-refractivity contribution < 1.29 is 14.0 Å². The number of piperidine rings is 1. The molecule has 1 aliphatic rings. The second-order valence-corrected chi connectivity index (χ2v) is 6.03. The number of benzene rings is 1. The summed E-state index contributed by atoms with van der Waals surface area (Å²) in [6.45, 7) is 3.86. The highest BCUT2D eigenvalue weighted by Crippen LogP contribution is 2.33. The molecule has 0 bridgehead atoms. The molecule has 1 aliphatic heterocycles. The van der Waals surface area contributed by atoms with Crippen molar-refractivity contribution in [1.82, 2.24) is 15.1 Å². The van der Waals surface area contributed by atoms with E-state index in [0.717, 1.165) is 0 Å². The number of hydrogen-bond donors (Lipinski definition) is 1. The van der Waals surface area contributed by atoms with Crippen molar-refractivity contribution in [3.63, 3.8) is 0 Å². The predicted molar refractivity (Wildman–Crippen MR) is 79.9 cm³/mol. The van der Waals surface area contributed by atoms with Crippen molar-refractivity contribution in [3.05, 3.63) is 29.2 Å². The van der Waals surface area contributed by atoms with Crippen LogP contribution in [0.5, 0.6) is 0 Å². The van der Waals surface area contributed by atoms with Gasteiger partial charge in [-0.2, -0.15) is 5.10 Å². The summed E-state index contributed by atoms with van der Waals surface area (Å²) in [5.41, 5.74) is 1.58. The number of nitrogens with one attached hydrogen (secondary N) is 1. The third kappa shape index (κ3) is 2.19. The highest BCUT2D eigenvalue weighted by atomic mass is 19.1. The van der Waals surface area contributed by atoms with E-state index in [1.807, 2.05) is 19.9 Å². The van der Waals surface area contributed by atoms with Gasteiger partial charge in [-0.1, -0.05) is 26.0 Å². The molecule has 2 amide bonds. The molecule has 5 nitrogen and oxygen atoms in total. The Labute approximate surface area is 127 Å². The van der Waals surface area contributed by atoms with Crippen LogP contribution >= 0.6 is 0 Å². The average molecular weight is 303 g/mol. The fourth-order valence-electron chi connectivity index (χ4n) is 3.03. The van der Waals surface area contributed by atoms with E-state index in [1.54, 1.807) is 13.1 Å². The summed E-state index contributed by atoms with van der Waals surface area (Å²) in [5.74, 6) is -1.36. The minimum Gasteiger partial charge on any atom is -0.296 e. The fourth-order valence-corrected chi connectivity index (χ4v) is 3.03. The summed E-state index contributed by atoms with van der Waals surface area (Å²) in [6.07, 6.45) is 0.686. The third-order valence-corrected chi connectivity index (χ3v) is 4.19. The maximum atomic E-state index is 14.7. The molecule has 116 valence electrons. The first-order valence-corrected chi connectivity index (χ1v) is 7.38. The lowest BCUT2D eigenvalue weighted by Crippen LogP contribution is -2.39. The number of amides is 2. The second-order valence-electron chi connectivity index (χ2n) is 6.03. The van der Waals surface area contributed by atoms with Gasteiger partial charge < -0.3 is 0 Å². The quantitative estimate of drug-likeness (QED) is 0.866. The smallest absolute Gasteiger partial charge is 0.235 e. The number of fused-ring (bicyclic) bond motifs is 1. The molecule has 0 radical (unpaired) electrons. The zero-order valence-corrected chi connectivity index (χ0v) is 12.8. The molecule has 3 rings (SSSR count). The van der Waals surface area contributed by atoms with Crippen LogP contribution in [0.15, 0.2) is 12.1 Å². The number of nitrogens with zero attached hydrogens (tertiary/aromatic N) is 2. The molecule has 1 fully saturated rings. The van der Waals surface area contributed by atoms with Crippen LogP contribution < -0.4 is 5.32 Å². The Hall–Kier alpha value is -2.24. The van der Waals surface area contributed by atoms with E-state index in [2.05, 4.69) is 10.4 Å². The zero-order chi connectivity index (χ0) is 16.0. The van der Waals surface area contributed by atoms with E-state index >= 15 is 0 Å². The standard InChI is InChI=1S/C16H18FN3O2/c1-8(2)9-4-5-10-14(19-20(3)15(10)13(9)17)11-6-7-12(21)18-16(11)22/h4-5,8,11H,6-7H2,1-3H3,(H,18,21,22)/t11-/m0/s1. The van der Waals surface area contributed by atoms with Crippen LogP contribution in [0.2, 0.25) is 0 Å². The monoisotopic (exact) mass is 303 g/mol. The topological polar surface area (TPSA) is 64.0 Å². The van der Waals surface area contributed by atoms with Gasteiger partial charge in [-0.3, -0.25) is 19.6 Å². The Bertz CT molecular complexity index is 779. The predicted octanol–water partition coefficient (Wildman–Crippen LogP) is 2.36. The van der Waals surface area contributed by atoms with Crippen molar-refractivity contribution in [2.75, 3.05) is 0 Å². The number of halogens is 1. The van der Waals surface area contributed by atoms with Gasteiger partial charge in [-0.15, -0.1) is 0 Å². The van der Waals surface area contributed by atoms with Gasteiger partial charge in [0, 0.05) is 18.9 Å². The Morgan fingerprint density at radius 2 is 2.09 bits per heavy atom. The second kappa shape index (κ2) is 5.19. The molecule has 0 spiro atoms.